The molecule has 0 aromatic carbocycles. The molecule has 0 aliphatic heterocycles. The molecular formula is C10H6F12O3S. The third-order valence-electron chi connectivity index (χ3n) is 2.51. The maximum Gasteiger partial charge on any atom is 0.423 e. The number of carbonyl (C=O) groups is 2. The zero-order chi connectivity index (χ0) is 21.4. The van der Waals surface area contributed by atoms with Gasteiger partial charge in [-0.25, -0.2) is 4.79 Å². The fourth-order valence-electron chi connectivity index (χ4n) is 1.44. The Morgan fingerprint density at radius 1 is 0.808 bits per heavy atom. The van der Waals surface area contributed by atoms with Crippen LogP contribution in [-0.2, 0) is 14.3 Å². The summed E-state index contributed by atoms with van der Waals surface area (Å²) in [6.07, 6.45) is -26.7. The summed E-state index contributed by atoms with van der Waals surface area (Å²) in [5.74, 6) is -8.46. The van der Waals surface area contributed by atoms with Crippen LogP contribution in [0.3, 0.4) is 0 Å². The molecule has 0 saturated heterocycles. The largest absolute Gasteiger partial charge is 0.464 e. The Bertz CT molecular complexity index is 501. The zero-order valence-electron chi connectivity index (χ0n) is 12.0. The van der Waals surface area contributed by atoms with Crippen molar-refractivity contribution < 1.29 is 67.0 Å². The van der Waals surface area contributed by atoms with Crippen LogP contribution in [0.4, 0.5) is 52.7 Å². The topological polar surface area (TPSA) is 43.4 Å². The molecule has 0 aromatic rings. The first-order valence-electron chi connectivity index (χ1n) is 5.90. The van der Waals surface area contributed by atoms with E-state index < -0.39 is 64.8 Å². The van der Waals surface area contributed by atoms with Gasteiger partial charge in [-0.2, -0.15) is 52.7 Å². The van der Waals surface area contributed by atoms with Crippen LogP contribution in [0.5, 0.6) is 0 Å². The van der Waals surface area contributed by atoms with E-state index in [-0.39, 0.29) is 0 Å². The Balaban J connectivity index is 6.43. The first-order valence-corrected chi connectivity index (χ1v) is 6.72. The quantitative estimate of drug-likeness (QED) is 0.486. The Labute approximate surface area is 140 Å². The van der Waals surface area contributed by atoms with Crippen molar-refractivity contribution in [3.8, 4) is 0 Å². The van der Waals surface area contributed by atoms with Crippen LogP contribution in [0.15, 0.2) is 0 Å². The van der Waals surface area contributed by atoms with Crippen LogP contribution in [0, 0.1) is 5.92 Å². The molecule has 0 amide bonds. The van der Waals surface area contributed by atoms with E-state index >= 15 is 0 Å². The van der Waals surface area contributed by atoms with Crippen LogP contribution in [0.1, 0.15) is 6.92 Å². The van der Waals surface area contributed by atoms with Gasteiger partial charge in [-0.05, 0) is 18.7 Å². The molecule has 0 aliphatic rings. The van der Waals surface area contributed by atoms with Crippen molar-refractivity contribution in [2.75, 3.05) is 6.61 Å². The highest BCUT2D eigenvalue weighted by Gasteiger charge is 2.79. The predicted octanol–water partition coefficient (Wildman–Crippen LogP) is 4.41. The van der Waals surface area contributed by atoms with E-state index in [1.165, 1.54) is 0 Å². The predicted molar refractivity (Wildman–Crippen MR) is 59.7 cm³/mol. The number of hydrogen-bond donors (Lipinski definition) is 0. The molecular weight excluding hydrogens is 428 g/mol. The van der Waals surface area contributed by atoms with Gasteiger partial charge in [-0.1, -0.05) is 0 Å². The minimum Gasteiger partial charge on any atom is -0.464 e. The van der Waals surface area contributed by atoms with E-state index in [0.29, 0.717) is 0 Å². The van der Waals surface area contributed by atoms with Crippen LogP contribution in [0.2, 0.25) is 0 Å². The lowest BCUT2D eigenvalue weighted by molar-refractivity contribution is -0.274. The monoisotopic (exact) mass is 434 g/mol. The van der Waals surface area contributed by atoms with Gasteiger partial charge in [0.2, 0.25) is 11.0 Å². The maximum atomic E-state index is 12.9. The van der Waals surface area contributed by atoms with Crippen molar-refractivity contribution in [1.82, 2.24) is 0 Å². The van der Waals surface area contributed by atoms with Gasteiger partial charge in [0.1, 0.15) is 0 Å². The van der Waals surface area contributed by atoms with Gasteiger partial charge in [0.05, 0.1) is 6.61 Å². The Morgan fingerprint density at radius 3 is 1.38 bits per heavy atom. The molecule has 16 heteroatoms. The summed E-state index contributed by atoms with van der Waals surface area (Å²) >= 11 is -2.49. The number of alkyl halides is 12. The first kappa shape index (κ1) is 24.7. The normalized spacial score (nSPS) is 14.5. The number of halogens is 12. The Kier molecular flexibility index (Phi) is 6.96. The fraction of sp³-hybridized carbons (Fsp3) is 0.800. The van der Waals surface area contributed by atoms with Gasteiger partial charge in [-0.15, -0.1) is 0 Å². The SMILES string of the molecule is CCOC(=O)C(SC(=O)C(C(F)(F)F)C(F)(F)F)(C(F)(F)F)C(F)(F)F. The smallest absolute Gasteiger partial charge is 0.423 e. The van der Waals surface area contributed by atoms with E-state index in [1.54, 1.807) is 0 Å². The highest BCUT2D eigenvalue weighted by Crippen LogP contribution is 2.55. The first-order chi connectivity index (χ1) is 11.2. The number of ether oxygens (including phenoxy) is 1. The summed E-state index contributed by atoms with van der Waals surface area (Å²) in [5.41, 5.74) is 0. The van der Waals surface area contributed by atoms with Crippen LogP contribution in [-0.4, -0.2) is 47.1 Å². The molecule has 0 saturated carbocycles. The number of carbonyl (C=O) groups excluding carboxylic acids is 2. The lowest BCUT2D eigenvalue weighted by Gasteiger charge is -2.34. The number of esters is 1. The van der Waals surface area contributed by atoms with Crippen molar-refractivity contribution in [3.05, 3.63) is 0 Å². The molecule has 154 valence electrons. The standard InChI is InChI=1S/C10H6F12O3S/c1-2-25-5(24)6(9(17,18)19,10(20,21)22)26-4(23)3(7(11,12)13)8(14,15)16/h3H,2H2,1H3. The van der Waals surface area contributed by atoms with E-state index in [0.717, 1.165) is 6.92 Å². The molecule has 0 aromatic heterocycles. The van der Waals surface area contributed by atoms with Crippen molar-refractivity contribution in [3.63, 3.8) is 0 Å². The van der Waals surface area contributed by atoms with Gasteiger partial charge in [-0.3, -0.25) is 4.79 Å². The summed E-state index contributed by atoms with van der Waals surface area (Å²) < 4.78 is 149. The lowest BCUT2D eigenvalue weighted by atomic mass is 10.1. The van der Waals surface area contributed by atoms with Crippen molar-refractivity contribution in [2.24, 2.45) is 5.92 Å². The van der Waals surface area contributed by atoms with Gasteiger partial charge >= 0.3 is 35.4 Å². The van der Waals surface area contributed by atoms with Crippen LogP contribution >= 0.6 is 11.8 Å². The fourth-order valence-corrected chi connectivity index (χ4v) is 2.51. The summed E-state index contributed by atoms with van der Waals surface area (Å²) in [6.45, 7) is -0.417. The highest BCUT2D eigenvalue weighted by atomic mass is 32.2. The molecule has 0 bridgehead atoms. The number of thioether (sulfide) groups is 1. The molecule has 0 aliphatic carbocycles. The van der Waals surface area contributed by atoms with Gasteiger partial charge in [0.25, 0.3) is 0 Å². The van der Waals surface area contributed by atoms with Crippen molar-refractivity contribution in [1.29, 1.82) is 0 Å². The average molecular weight is 434 g/mol. The Hall–Kier alpha value is -1.35. The summed E-state index contributed by atoms with van der Waals surface area (Å²) in [4.78, 5) is 22.4. The molecule has 26 heavy (non-hydrogen) atoms. The second-order valence-electron chi connectivity index (χ2n) is 4.33. The minimum absolute atomic E-state index is 0.718. The van der Waals surface area contributed by atoms with Crippen LogP contribution < -0.4 is 0 Å². The second kappa shape index (κ2) is 7.34. The molecule has 0 N–H and O–H groups in total. The molecule has 0 rings (SSSR count). The van der Waals surface area contributed by atoms with E-state index in [4.69, 9.17) is 0 Å². The van der Waals surface area contributed by atoms with Gasteiger partial charge in [0.15, 0.2) is 0 Å². The zero-order valence-corrected chi connectivity index (χ0v) is 12.8. The van der Waals surface area contributed by atoms with Crippen molar-refractivity contribution >= 4 is 22.8 Å². The third kappa shape index (κ3) is 4.88. The average Bonchev–Trinajstić information content (AvgIpc) is 2.28. The minimum atomic E-state index is -6.81. The number of hydrogen-bond acceptors (Lipinski definition) is 4. The molecule has 0 atom stereocenters. The summed E-state index contributed by atoms with van der Waals surface area (Å²) in [7, 11) is 0. The molecule has 0 radical (unpaired) electrons. The number of rotatable bonds is 4. The van der Waals surface area contributed by atoms with Crippen molar-refractivity contribution in [2.45, 2.75) is 36.4 Å². The molecule has 0 heterocycles. The van der Waals surface area contributed by atoms with E-state index in [1.807, 2.05) is 0 Å². The molecule has 3 nitrogen and oxygen atoms in total. The lowest BCUT2D eigenvalue weighted by Crippen LogP contribution is -2.61. The maximum absolute atomic E-state index is 12.9. The summed E-state index contributed by atoms with van der Waals surface area (Å²) in [6, 6.07) is 0. The molecule has 0 unspecified atom stereocenters. The van der Waals surface area contributed by atoms with E-state index in [2.05, 4.69) is 4.74 Å². The highest BCUT2D eigenvalue weighted by molar-refractivity contribution is 8.15. The third-order valence-corrected chi connectivity index (χ3v) is 3.88. The van der Waals surface area contributed by atoms with Gasteiger partial charge < -0.3 is 4.74 Å². The molecule has 0 spiro atoms. The Morgan fingerprint density at radius 2 is 1.15 bits per heavy atom. The molecule has 0 fully saturated rings. The van der Waals surface area contributed by atoms with Gasteiger partial charge in [0, 0.05) is 0 Å². The van der Waals surface area contributed by atoms with E-state index in [9.17, 15) is 62.3 Å². The second-order valence-corrected chi connectivity index (χ2v) is 5.55. The summed E-state index contributed by atoms with van der Waals surface area (Å²) in [5, 5.41) is -3.62. The van der Waals surface area contributed by atoms with Crippen LogP contribution in [0.25, 0.3) is 0 Å².